The fourth-order valence-corrected chi connectivity index (χ4v) is 2.77. The fourth-order valence-electron chi connectivity index (χ4n) is 0.577. The lowest BCUT2D eigenvalue weighted by atomic mass is 10.1. The van der Waals surface area contributed by atoms with E-state index in [4.69, 9.17) is 0 Å². The number of hydrogen-bond donors (Lipinski definition) is 3. The van der Waals surface area contributed by atoms with Crippen LogP contribution < -0.4 is 14.0 Å². The molecule has 0 bridgehead atoms. The van der Waals surface area contributed by atoms with Crippen LogP contribution in [0.2, 0.25) is 0 Å². The molecule has 0 saturated heterocycles. The van der Waals surface area contributed by atoms with Crippen LogP contribution >= 0.6 is 0 Å². The second kappa shape index (κ2) is 3.50. The molecule has 7 nitrogen and oxygen atoms in total. The fraction of sp³-hybridized carbons (Fsp3) is 1.00. The smallest absolute Gasteiger partial charge is 0.215 e. The molecule has 0 aromatic heterocycles. The van der Waals surface area contributed by atoms with Crippen molar-refractivity contribution < 1.29 is 16.8 Å². The molecule has 0 radical (unpaired) electrons. The normalized spacial score (nSPS) is 14.5. The van der Waals surface area contributed by atoms with E-state index >= 15 is 0 Å². The average molecular weight is 231 g/mol. The van der Waals surface area contributed by atoms with Crippen LogP contribution in [0.3, 0.4) is 0 Å². The Hall–Kier alpha value is -0.220. The maximum absolute atomic E-state index is 11.0. The van der Waals surface area contributed by atoms with Crippen LogP contribution in [-0.4, -0.2) is 22.4 Å². The van der Waals surface area contributed by atoms with Gasteiger partial charge in [-0.15, -0.1) is 0 Å². The molecule has 0 aromatic rings. The van der Waals surface area contributed by atoms with Crippen molar-refractivity contribution in [1.82, 2.24) is 8.85 Å². The van der Waals surface area contributed by atoms with E-state index in [1.807, 2.05) is 0 Å². The number of hydrogen-bond acceptors (Lipinski definition) is 4. The summed E-state index contributed by atoms with van der Waals surface area (Å²) < 4.78 is 46.0. The molecule has 13 heavy (non-hydrogen) atoms. The third kappa shape index (κ3) is 8.12. The molecule has 0 spiro atoms. The van der Waals surface area contributed by atoms with Gasteiger partial charge in [-0.2, -0.15) is 21.6 Å². The Morgan fingerprint density at radius 1 is 1.08 bits per heavy atom. The van der Waals surface area contributed by atoms with Crippen LogP contribution in [-0.2, 0) is 20.4 Å². The largest absolute Gasteiger partial charge is 0.291 e. The maximum Gasteiger partial charge on any atom is 0.291 e. The van der Waals surface area contributed by atoms with Crippen molar-refractivity contribution >= 4 is 20.4 Å². The molecule has 0 aliphatic rings. The highest BCUT2D eigenvalue weighted by Crippen LogP contribution is 2.00. The van der Waals surface area contributed by atoms with Gasteiger partial charge >= 0.3 is 0 Å². The molecular formula is C4H13N3O4S2. The topological polar surface area (TPSA) is 118 Å². The van der Waals surface area contributed by atoms with Gasteiger partial charge in [0.2, 0.25) is 0 Å². The average Bonchev–Trinajstić information content (AvgIpc) is 1.43. The van der Waals surface area contributed by atoms with Crippen molar-refractivity contribution in [2.75, 3.05) is 0 Å². The lowest BCUT2D eigenvalue weighted by Crippen LogP contribution is -2.50. The van der Waals surface area contributed by atoms with Gasteiger partial charge in [0.25, 0.3) is 20.4 Å². The van der Waals surface area contributed by atoms with Gasteiger partial charge in [-0.25, -0.2) is 5.14 Å². The minimum absolute atomic E-state index is 0.767. The summed E-state index contributed by atoms with van der Waals surface area (Å²) in [5, 5.41) is 4.48. The molecule has 0 rings (SSSR count). The highest BCUT2D eigenvalue weighted by molar-refractivity contribution is 8.02. The Morgan fingerprint density at radius 2 is 1.46 bits per heavy atom. The summed E-state index contributed by atoms with van der Waals surface area (Å²) in [4.78, 5) is 0. The molecule has 0 aliphatic carbocycles. The standard InChI is InChI=1S/C4H13N3O4S2/c1-4(2,3)6-13(10,11)7-12(5,8)9/h6-7H,1-3H3,(H2,5,8,9). The third-order valence-corrected chi connectivity index (χ3v) is 3.35. The summed E-state index contributed by atoms with van der Waals surface area (Å²) in [6.45, 7) is 4.69. The molecule has 0 aromatic carbocycles. The van der Waals surface area contributed by atoms with E-state index in [0.717, 1.165) is 0 Å². The molecule has 0 fully saturated rings. The van der Waals surface area contributed by atoms with Gasteiger partial charge in [0.15, 0.2) is 0 Å². The second-order valence-corrected chi connectivity index (χ2v) is 6.45. The van der Waals surface area contributed by atoms with Crippen molar-refractivity contribution in [1.29, 1.82) is 0 Å². The van der Waals surface area contributed by atoms with Crippen LogP contribution in [0.25, 0.3) is 0 Å². The first-order valence-electron chi connectivity index (χ1n) is 3.26. The Bertz CT molecular complexity index is 363. The van der Waals surface area contributed by atoms with Crippen molar-refractivity contribution in [3.63, 3.8) is 0 Å². The van der Waals surface area contributed by atoms with E-state index in [1.165, 1.54) is 4.13 Å². The van der Waals surface area contributed by atoms with E-state index in [9.17, 15) is 16.8 Å². The zero-order chi connectivity index (χ0) is 10.9. The summed E-state index contributed by atoms with van der Waals surface area (Å²) >= 11 is 0. The second-order valence-electron chi connectivity index (χ2n) is 3.48. The molecule has 0 heterocycles. The molecule has 80 valence electrons. The molecular weight excluding hydrogens is 218 g/mol. The molecule has 0 saturated carbocycles. The first kappa shape index (κ1) is 12.8. The van der Waals surface area contributed by atoms with Crippen LogP contribution in [0.15, 0.2) is 0 Å². The van der Waals surface area contributed by atoms with Crippen LogP contribution in [0.1, 0.15) is 20.8 Å². The third-order valence-electron chi connectivity index (χ3n) is 0.666. The Kier molecular flexibility index (Phi) is 3.44. The molecule has 4 N–H and O–H groups in total. The van der Waals surface area contributed by atoms with Gasteiger partial charge in [0, 0.05) is 5.54 Å². The summed E-state index contributed by atoms with van der Waals surface area (Å²) in [5.74, 6) is 0. The first-order chi connectivity index (χ1) is 5.41. The zero-order valence-corrected chi connectivity index (χ0v) is 9.16. The summed E-state index contributed by atoms with van der Waals surface area (Å²) in [6.07, 6.45) is 0. The number of nitrogens with one attached hydrogen (secondary N) is 2. The monoisotopic (exact) mass is 231 g/mol. The van der Waals surface area contributed by atoms with Crippen LogP contribution in [0, 0.1) is 0 Å². The molecule has 0 unspecified atom stereocenters. The van der Waals surface area contributed by atoms with Crippen molar-refractivity contribution in [2.24, 2.45) is 5.14 Å². The Balaban J connectivity index is 4.65. The SMILES string of the molecule is CC(C)(C)NS(=O)(=O)NS(N)(=O)=O. The Labute approximate surface area is 78.1 Å². The highest BCUT2D eigenvalue weighted by atomic mass is 32.3. The highest BCUT2D eigenvalue weighted by Gasteiger charge is 2.22. The Morgan fingerprint density at radius 3 is 1.69 bits per heavy atom. The van der Waals surface area contributed by atoms with Crippen molar-refractivity contribution in [3.05, 3.63) is 0 Å². The minimum Gasteiger partial charge on any atom is -0.215 e. The van der Waals surface area contributed by atoms with E-state index in [0.29, 0.717) is 0 Å². The molecule has 0 atom stereocenters. The molecule has 0 amide bonds. The maximum atomic E-state index is 11.0. The van der Waals surface area contributed by atoms with Gasteiger partial charge in [-0.3, -0.25) is 0 Å². The van der Waals surface area contributed by atoms with Gasteiger partial charge in [-0.1, -0.05) is 4.13 Å². The van der Waals surface area contributed by atoms with Crippen molar-refractivity contribution in [2.45, 2.75) is 26.3 Å². The van der Waals surface area contributed by atoms with Crippen LogP contribution in [0.5, 0.6) is 0 Å². The quantitative estimate of drug-likeness (QED) is 0.542. The molecule has 9 heteroatoms. The number of nitrogens with two attached hydrogens (primary N) is 1. The summed E-state index contributed by atoms with van der Waals surface area (Å²) in [5.41, 5.74) is -0.767. The van der Waals surface area contributed by atoms with E-state index in [2.05, 4.69) is 9.86 Å². The van der Waals surface area contributed by atoms with Gasteiger partial charge < -0.3 is 0 Å². The zero-order valence-electron chi connectivity index (χ0n) is 7.53. The van der Waals surface area contributed by atoms with E-state index < -0.39 is 26.0 Å². The molecule has 0 aliphatic heterocycles. The predicted octanol–water partition coefficient (Wildman–Crippen LogP) is -1.59. The lowest BCUT2D eigenvalue weighted by Gasteiger charge is -2.19. The minimum atomic E-state index is -4.25. The van der Waals surface area contributed by atoms with Crippen molar-refractivity contribution in [3.8, 4) is 0 Å². The van der Waals surface area contributed by atoms with Crippen LogP contribution in [0.4, 0.5) is 0 Å². The van der Waals surface area contributed by atoms with Gasteiger partial charge in [0.05, 0.1) is 0 Å². The summed E-state index contributed by atoms with van der Waals surface area (Å²) in [7, 11) is -8.36. The van der Waals surface area contributed by atoms with E-state index in [1.54, 1.807) is 20.8 Å². The summed E-state index contributed by atoms with van der Waals surface area (Å²) in [6, 6.07) is 0. The van der Waals surface area contributed by atoms with Gasteiger partial charge in [0.1, 0.15) is 0 Å². The first-order valence-corrected chi connectivity index (χ1v) is 6.29. The van der Waals surface area contributed by atoms with E-state index in [-0.39, 0.29) is 0 Å². The number of rotatable bonds is 3. The lowest BCUT2D eigenvalue weighted by molar-refractivity contribution is 0.489. The predicted molar refractivity (Wildman–Crippen MR) is 48.1 cm³/mol. The van der Waals surface area contributed by atoms with Gasteiger partial charge in [-0.05, 0) is 20.8 Å².